The summed E-state index contributed by atoms with van der Waals surface area (Å²) in [6.45, 7) is 8.17. The summed E-state index contributed by atoms with van der Waals surface area (Å²) >= 11 is 0. The van der Waals surface area contributed by atoms with Crippen molar-refractivity contribution in [3.05, 3.63) is 70.8 Å². The number of aryl methyl sites for hydroxylation is 4. The van der Waals surface area contributed by atoms with Crippen molar-refractivity contribution >= 4 is 23.2 Å². The number of nitrogens with one attached hydrogen (secondary N) is 2. The smallest absolute Gasteiger partial charge is 0.228 e. The molecule has 0 unspecified atom stereocenters. The summed E-state index contributed by atoms with van der Waals surface area (Å²) in [5.41, 5.74) is 6.24. The van der Waals surface area contributed by atoms with Crippen molar-refractivity contribution in [2.75, 3.05) is 10.6 Å². The van der Waals surface area contributed by atoms with E-state index in [1.807, 2.05) is 50.2 Å². The number of hydrogen-bond acceptors (Lipinski definition) is 2. The van der Waals surface area contributed by atoms with Gasteiger partial charge in [0.2, 0.25) is 11.8 Å². The molecule has 2 amide bonds. The molecular formula is C25H28N2O2. The van der Waals surface area contributed by atoms with Gasteiger partial charge in [-0.2, -0.15) is 0 Å². The standard InChI is InChI=1S/C25H28N2O2/c1-14-5-9-20(11-16(14)3)26-24(28)22-18-7-8-19(13-18)23(22)25(29)27-21-10-6-15(2)17(4)12-21/h5-12,18-19,22-23H,13H2,1-4H3,(H,26,28)(H,27,29)/t18-,19+,22-,23-/m0/s1. The lowest BCUT2D eigenvalue weighted by Gasteiger charge is -2.26. The van der Waals surface area contributed by atoms with Gasteiger partial charge >= 0.3 is 0 Å². The first-order chi connectivity index (χ1) is 13.8. The third-order valence-electron chi connectivity index (χ3n) is 6.61. The summed E-state index contributed by atoms with van der Waals surface area (Å²) in [6.07, 6.45) is 5.08. The van der Waals surface area contributed by atoms with E-state index < -0.39 is 0 Å². The van der Waals surface area contributed by atoms with E-state index in [4.69, 9.17) is 0 Å². The molecule has 4 rings (SSSR count). The molecule has 2 aromatic carbocycles. The number of anilines is 2. The van der Waals surface area contributed by atoms with Crippen molar-refractivity contribution in [3.8, 4) is 0 Å². The summed E-state index contributed by atoms with van der Waals surface area (Å²) in [6, 6.07) is 11.8. The molecular weight excluding hydrogens is 360 g/mol. The number of fused-ring (bicyclic) bond motifs is 2. The molecule has 1 fully saturated rings. The molecule has 4 nitrogen and oxygen atoms in total. The van der Waals surface area contributed by atoms with Crippen molar-refractivity contribution in [2.24, 2.45) is 23.7 Å². The molecule has 0 aliphatic heterocycles. The van der Waals surface area contributed by atoms with Gasteiger partial charge in [0.05, 0.1) is 11.8 Å². The van der Waals surface area contributed by atoms with Gasteiger partial charge in [-0.3, -0.25) is 9.59 Å². The van der Waals surface area contributed by atoms with Gasteiger partial charge in [-0.05, 0) is 92.5 Å². The second-order valence-corrected chi connectivity index (χ2v) is 8.58. The van der Waals surface area contributed by atoms with Crippen LogP contribution in [0.5, 0.6) is 0 Å². The normalized spacial score (nSPS) is 24.6. The van der Waals surface area contributed by atoms with Crippen LogP contribution in [0.2, 0.25) is 0 Å². The molecule has 0 heterocycles. The van der Waals surface area contributed by atoms with Crippen LogP contribution in [0.15, 0.2) is 48.6 Å². The molecule has 4 heteroatoms. The van der Waals surface area contributed by atoms with E-state index >= 15 is 0 Å². The fourth-order valence-electron chi connectivity index (χ4n) is 4.63. The minimum Gasteiger partial charge on any atom is -0.326 e. The van der Waals surface area contributed by atoms with Crippen LogP contribution in [-0.2, 0) is 9.59 Å². The van der Waals surface area contributed by atoms with Crippen molar-refractivity contribution < 1.29 is 9.59 Å². The Morgan fingerprint density at radius 1 is 0.690 bits per heavy atom. The Balaban J connectivity index is 1.53. The second kappa shape index (κ2) is 7.51. The maximum atomic E-state index is 13.1. The van der Waals surface area contributed by atoms with Crippen LogP contribution in [-0.4, -0.2) is 11.8 Å². The zero-order valence-corrected chi connectivity index (χ0v) is 17.5. The molecule has 2 N–H and O–H groups in total. The third-order valence-corrected chi connectivity index (χ3v) is 6.61. The molecule has 0 saturated heterocycles. The van der Waals surface area contributed by atoms with Crippen LogP contribution >= 0.6 is 0 Å². The summed E-state index contributed by atoms with van der Waals surface area (Å²) in [4.78, 5) is 26.3. The van der Waals surface area contributed by atoms with Gasteiger partial charge in [0.25, 0.3) is 0 Å². The number of carbonyl (C=O) groups is 2. The summed E-state index contributed by atoms with van der Waals surface area (Å²) in [5, 5.41) is 6.10. The summed E-state index contributed by atoms with van der Waals surface area (Å²) < 4.78 is 0. The number of hydrogen-bond donors (Lipinski definition) is 2. The molecule has 4 atom stereocenters. The number of benzene rings is 2. The highest BCUT2D eigenvalue weighted by Gasteiger charge is 2.51. The predicted octanol–water partition coefficient (Wildman–Crippen LogP) is 4.94. The Kier molecular flexibility index (Phi) is 5.03. The van der Waals surface area contributed by atoms with Crippen LogP contribution < -0.4 is 10.6 Å². The van der Waals surface area contributed by atoms with E-state index in [0.717, 1.165) is 28.9 Å². The van der Waals surface area contributed by atoms with Gasteiger partial charge in [-0.25, -0.2) is 0 Å². The Hall–Kier alpha value is -2.88. The number of allylic oxidation sites excluding steroid dienone is 2. The van der Waals surface area contributed by atoms with E-state index in [1.54, 1.807) is 0 Å². The zero-order chi connectivity index (χ0) is 20.7. The van der Waals surface area contributed by atoms with Crippen molar-refractivity contribution in [1.82, 2.24) is 0 Å². The first kappa shape index (κ1) is 19.4. The highest BCUT2D eigenvalue weighted by Crippen LogP contribution is 2.48. The maximum Gasteiger partial charge on any atom is 0.228 e. The molecule has 2 bridgehead atoms. The van der Waals surface area contributed by atoms with Crippen molar-refractivity contribution in [3.63, 3.8) is 0 Å². The fourth-order valence-corrected chi connectivity index (χ4v) is 4.63. The van der Waals surface area contributed by atoms with Gasteiger partial charge in [0.1, 0.15) is 0 Å². The summed E-state index contributed by atoms with van der Waals surface area (Å²) in [5.74, 6) is -0.545. The third kappa shape index (κ3) is 3.71. The lowest BCUT2D eigenvalue weighted by Crippen LogP contribution is -2.39. The van der Waals surface area contributed by atoms with Crippen LogP contribution in [0.1, 0.15) is 28.7 Å². The van der Waals surface area contributed by atoms with E-state index in [1.165, 1.54) is 11.1 Å². The van der Waals surface area contributed by atoms with Crippen LogP contribution in [0.4, 0.5) is 11.4 Å². The second-order valence-electron chi connectivity index (χ2n) is 8.58. The van der Waals surface area contributed by atoms with Gasteiger partial charge < -0.3 is 10.6 Å². The highest BCUT2D eigenvalue weighted by atomic mass is 16.2. The van der Waals surface area contributed by atoms with Crippen molar-refractivity contribution in [2.45, 2.75) is 34.1 Å². The minimum absolute atomic E-state index is 0.0645. The average molecular weight is 389 g/mol. The first-order valence-electron chi connectivity index (χ1n) is 10.3. The fraction of sp³-hybridized carbons (Fsp3) is 0.360. The van der Waals surface area contributed by atoms with Gasteiger partial charge in [0.15, 0.2) is 0 Å². The van der Waals surface area contributed by atoms with Crippen LogP contribution in [0, 0.1) is 51.4 Å². The molecule has 0 spiro atoms. The van der Waals surface area contributed by atoms with Crippen LogP contribution in [0.3, 0.4) is 0 Å². The van der Waals surface area contributed by atoms with E-state index in [-0.39, 0.29) is 35.5 Å². The van der Waals surface area contributed by atoms with Gasteiger partial charge in [-0.15, -0.1) is 0 Å². The molecule has 150 valence electrons. The van der Waals surface area contributed by atoms with E-state index in [9.17, 15) is 9.59 Å². The zero-order valence-electron chi connectivity index (χ0n) is 17.5. The lowest BCUT2D eigenvalue weighted by molar-refractivity contribution is -0.129. The molecule has 0 radical (unpaired) electrons. The highest BCUT2D eigenvalue weighted by molar-refractivity contribution is 6.01. The quantitative estimate of drug-likeness (QED) is 0.729. The first-order valence-corrected chi connectivity index (χ1v) is 10.3. The number of carbonyl (C=O) groups excluding carboxylic acids is 2. The van der Waals surface area contributed by atoms with Gasteiger partial charge in [-0.1, -0.05) is 24.3 Å². The molecule has 2 aliphatic carbocycles. The molecule has 1 saturated carbocycles. The minimum atomic E-state index is -0.335. The van der Waals surface area contributed by atoms with E-state index in [0.29, 0.717) is 0 Å². The molecule has 29 heavy (non-hydrogen) atoms. The molecule has 2 aromatic rings. The SMILES string of the molecule is Cc1ccc(NC(=O)[C@@H]2[C@@H](C(=O)Nc3ccc(C)c(C)c3)[C@H]3C=C[C@@H]2C3)cc1C. The monoisotopic (exact) mass is 388 g/mol. The summed E-state index contributed by atoms with van der Waals surface area (Å²) in [7, 11) is 0. The Bertz CT molecular complexity index is 928. The van der Waals surface area contributed by atoms with Crippen LogP contribution in [0.25, 0.3) is 0 Å². The maximum absolute atomic E-state index is 13.1. The topological polar surface area (TPSA) is 58.2 Å². The number of rotatable bonds is 4. The molecule has 0 aromatic heterocycles. The van der Waals surface area contributed by atoms with Gasteiger partial charge in [0, 0.05) is 11.4 Å². The van der Waals surface area contributed by atoms with E-state index in [2.05, 4.69) is 36.6 Å². The largest absolute Gasteiger partial charge is 0.326 e. The van der Waals surface area contributed by atoms with Crippen molar-refractivity contribution in [1.29, 1.82) is 0 Å². The Morgan fingerprint density at radius 3 is 1.48 bits per heavy atom. The molecule has 2 aliphatic rings. The number of amides is 2. The average Bonchev–Trinajstić information content (AvgIpc) is 3.29. The Labute approximate surface area is 172 Å². The Morgan fingerprint density at radius 2 is 1.10 bits per heavy atom. The predicted molar refractivity (Wildman–Crippen MR) is 117 cm³/mol. The lowest BCUT2D eigenvalue weighted by atomic mass is 9.81.